The van der Waals surface area contributed by atoms with E-state index in [0.29, 0.717) is 5.92 Å². The third-order valence-corrected chi connectivity index (χ3v) is 2.96. The smallest absolute Gasteiger partial charge is 0.196 e. The highest BCUT2D eigenvalue weighted by atomic mass is 16.4. The van der Waals surface area contributed by atoms with Crippen molar-refractivity contribution < 1.29 is 4.42 Å². The quantitative estimate of drug-likeness (QED) is 0.807. The van der Waals surface area contributed by atoms with Crippen LogP contribution in [0.25, 0.3) is 11.3 Å². The Morgan fingerprint density at radius 3 is 2.63 bits per heavy atom. The molecule has 0 fully saturated rings. The summed E-state index contributed by atoms with van der Waals surface area (Å²) >= 11 is 0. The molecular formula is C16H22N2O. The Bertz CT molecular complexity index is 500. The summed E-state index contributed by atoms with van der Waals surface area (Å²) < 4.78 is 5.77. The van der Waals surface area contributed by atoms with Crippen LogP contribution in [-0.4, -0.2) is 18.1 Å². The van der Waals surface area contributed by atoms with E-state index in [1.54, 1.807) is 0 Å². The van der Waals surface area contributed by atoms with Gasteiger partial charge in [0.2, 0.25) is 0 Å². The average molecular weight is 258 g/mol. The lowest BCUT2D eigenvalue weighted by atomic mass is 10.1. The number of hydrogen-bond donors (Lipinski definition) is 1. The molecule has 0 saturated carbocycles. The van der Waals surface area contributed by atoms with Gasteiger partial charge in [0, 0.05) is 18.5 Å². The van der Waals surface area contributed by atoms with E-state index in [0.717, 1.165) is 36.7 Å². The van der Waals surface area contributed by atoms with E-state index in [-0.39, 0.29) is 0 Å². The van der Waals surface area contributed by atoms with Crippen molar-refractivity contribution in [1.29, 1.82) is 0 Å². The molecule has 0 amide bonds. The van der Waals surface area contributed by atoms with Gasteiger partial charge in [0.1, 0.15) is 0 Å². The first-order valence-electron chi connectivity index (χ1n) is 6.87. The first-order chi connectivity index (χ1) is 9.15. The van der Waals surface area contributed by atoms with Crippen molar-refractivity contribution in [3.63, 3.8) is 0 Å². The predicted octanol–water partition coefficient (Wildman–Crippen LogP) is 3.44. The Kier molecular flexibility index (Phi) is 4.74. The molecule has 0 aliphatic carbocycles. The summed E-state index contributed by atoms with van der Waals surface area (Å²) in [5.41, 5.74) is 2.33. The molecule has 0 atom stereocenters. The molecule has 2 rings (SSSR count). The zero-order chi connectivity index (χ0) is 13.7. The summed E-state index contributed by atoms with van der Waals surface area (Å²) in [4.78, 5) is 4.32. The van der Waals surface area contributed by atoms with Crippen molar-refractivity contribution in [3.05, 3.63) is 41.9 Å². The molecule has 0 aliphatic heterocycles. The average Bonchev–Trinajstić information content (AvgIpc) is 2.84. The van der Waals surface area contributed by atoms with Gasteiger partial charge < -0.3 is 9.73 Å². The van der Waals surface area contributed by atoms with Crippen LogP contribution in [-0.2, 0) is 6.42 Å². The number of benzene rings is 1. The van der Waals surface area contributed by atoms with Crippen LogP contribution >= 0.6 is 0 Å². The summed E-state index contributed by atoms with van der Waals surface area (Å²) in [6, 6.07) is 8.30. The first kappa shape index (κ1) is 13.8. The fourth-order valence-electron chi connectivity index (χ4n) is 1.86. The van der Waals surface area contributed by atoms with E-state index in [2.05, 4.69) is 55.3 Å². The number of hydrogen-bond acceptors (Lipinski definition) is 3. The van der Waals surface area contributed by atoms with Gasteiger partial charge in [-0.1, -0.05) is 43.7 Å². The fourth-order valence-corrected chi connectivity index (χ4v) is 1.86. The van der Waals surface area contributed by atoms with Crippen LogP contribution < -0.4 is 5.32 Å². The van der Waals surface area contributed by atoms with Crippen LogP contribution in [0.15, 0.2) is 34.9 Å². The number of oxazole rings is 1. The molecular weight excluding hydrogens is 236 g/mol. The minimum Gasteiger partial charge on any atom is -0.441 e. The van der Waals surface area contributed by atoms with Gasteiger partial charge in [0.05, 0.1) is 6.20 Å². The van der Waals surface area contributed by atoms with Gasteiger partial charge in [0.15, 0.2) is 11.7 Å². The Morgan fingerprint density at radius 1 is 1.21 bits per heavy atom. The van der Waals surface area contributed by atoms with E-state index in [1.165, 1.54) is 5.56 Å². The monoisotopic (exact) mass is 258 g/mol. The Balaban J connectivity index is 1.90. The molecule has 1 N–H and O–H groups in total. The highest BCUT2D eigenvalue weighted by molar-refractivity contribution is 5.56. The van der Waals surface area contributed by atoms with Gasteiger partial charge in [0.25, 0.3) is 0 Å². The lowest BCUT2D eigenvalue weighted by Gasteiger charge is -2.05. The first-order valence-corrected chi connectivity index (χ1v) is 6.87. The highest BCUT2D eigenvalue weighted by Crippen LogP contribution is 2.20. The topological polar surface area (TPSA) is 38.1 Å². The van der Waals surface area contributed by atoms with Crippen LogP contribution in [0.4, 0.5) is 0 Å². The van der Waals surface area contributed by atoms with E-state index in [1.807, 2.05) is 6.20 Å². The number of aromatic nitrogens is 1. The van der Waals surface area contributed by atoms with Crippen LogP contribution in [0.1, 0.15) is 25.3 Å². The molecule has 0 radical (unpaired) electrons. The molecule has 3 nitrogen and oxygen atoms in total. The third kappa shape index (κ3) is 4.21. The molecule has 0 unspecified atom stereocenters. The van der Waals surface area contributed by atoms with Crippen molar-refractivity contribution in [1.82, 2.24) is 10.3 Å². The normalized spacial score (nSPS) is 11.2. The maximum absolute atomic E-state index is 5.77. The van der Waals surface area contributed by atoms with E-state index in [9.17, 15) is 0 Å². The number of nitrogens with zero attached hydrogens (tertiary/aromatic N) is 1. The van der Waals surface area contributed by atoms with Crippen molar-refractivity contribution in [2.45, 2.75) is 27.2 Å². The van der Waals surface area contributed by atoms with Gasteiger partial charge in [-0.25, -0.2) is 4.98 Å². The lowest BCUT2D eigenvalue weighted by Crippen LogP contribution is -2.22. The predicted molar refractivity (Wildman–Crippen MR) is 78.1 cm³/mol. The summed E-state index contributed by atoms with van der Waals surface area (Å²) in [5.74, 6) is 2.32. The number of nitrogens with one attached hydrogen (secondary N) is 1. The molecule has 1 heterocycles. The van der Waals surface area contributed by atoms with Gasteiger partial charge >= 0.3 is 0 Å². The fraction of sp³-hybridized carbons (Fsp3) is 0.438. The van der Waals surface area contributed by atoms with Crippen LogP contribution in [0.3, 0.4) is 0 Å². The van der Waals surface area contributed by atoms with Gasteiger partial charge in [-0.2, -0.15) is 0 Å². The Labute approximate surface area is 115 Å². The molecule has 0 bridgehead atoms. The molecule has 1 aromatic carbocycles. The maximum Gasteiger partial charge on any atom is 0.196 e. The maximum atomic E-state index is 5.77. The second-order valence-corrected chi connectivity index (χ2v) is 5.33. The summed E-state index contributed by atoms with van der Waals surface area (Å²) in [6.45, 7) is 8.43. The standard InChI is InChI=1S/C16H22N2O/c1-12(2)10-17-9-8-16-18-11-15(19-16)14-6-4-13(3)5-7-14/h4-7,11-12,17H,8-10H2,1-3H3. The summed E-state index contributed by atoms with van der Waals surface area (Å²) in [7, 11) is 0. The largest absolute Gasteiger partial charge is 0.441 e. The molecule has 19 heavy (non-hydrogen) atoms. The van der Waals surface area contributed by atoms with Gasteiger partial charge in [-0.15, -0.1) is 0 Å². The molecule has 3 heteroatoms. The van der Waals surface area contributed by atoms with Crippen LogP contribution in [0.2, 0.25) is 0 Å². The van der Waals surface area contributed by atoms with Crippen molar-refractivity contribution in [3.8, 4) is 11.3 Å². The van der Waals surface area contributed by atoms with Crippen molar-refractivity contribution in [2.24, 2.45) is 5.92 Å². The molecule has 0 aliphatic rings. The van der Waals surface area contributed by atoms with E-state index in [4.69, 9.17) is 4.42 Å². The summed E-state index contributed by atoms with van der Waals surface area (Å²) in [6.07, 6.45) is 2.64. The summed E-state index contributed by atoms with van der Waals surface area (Å²) in [5, 5.41) is 3.39. The zero-order valence-corrected chi connectivity index (χ0v) is 11.9. The minimum absolute atomic E-state index is 0.674. The lowest BCUT2D eigenvalue weighted by molar-refractivity contribution is 0.483. The zero-order valence-electron chi connectivity index (χ0n) is 11.9. The van der Waals surface area contributed by atoms with Crippen molar-refractivity contribution >= 4 is 0 Å². The third-order valence-electron chi connectivity index (χ3n) is 2.96. The molecule has 0 saturated heterocycles. The highest BCUT2D eigenvalue weighted by Gasteiger charge is 2.06. The second kappa shape index (κ2) is 6.53. The van der Waals surface area contributed by atoms with Gasteiger partial charge in [-0.05, 0) is 19.4 Å². The SMILES string of the molecule is Cc1ccc(-c2cnc(CCNCC(C)C)o2)cc1. The van der Waals surface area contributed by atoms with Crippen LogP contribution in [0.5, 0.6) is 0 Å². The molecule has 0 spiro atoms. The van der Waals surface area contributed by atoms with Gasteiger partial charge in [-0.3, -0.25) is 0 Å². The van der Waals surface area contributed by atoms with Crippen LogP contribution in [0, 0.1) is 12.8 Å². The molecule has 2 aromatic rings. The Morgan fingerprint density at radius 2 is 1.95 bits per heavy atom. The molecule has 1 aromatic heterocycles. The Hall–Kier alpha value is -1.61. The second-order valence-electron chi connectivity index (χ2n) is 5.33. The minimum atomic E-state index is 0.674. The van der Waals surface area contributed by atoms with E-state index >= 15 is 0 Å². The number of rotatable bonds is 6. The molecule has 102 valence electrons. The van der Waals surface area contributed by atoms with Crippen molar-refractivity contribution in [2.75, 3.05) is 13.1 Å². The number of aryl methyl sites for hydroxylation is 1. The van der Waals surface area contributed by atoms with E-state index < -0.39 is 0 Å².